The molecule has 0 aromatic carbocycles. The number of hydrogen-bond acceptors (Lipinski definition) is 3. The molecule has 1 heterocycles. The minimum Gasteiger partial charge on any atom is -0.301 e. The second-order valence-electron chi connectivity index (χ2n) is 6.21. The highest BCUT2D eigenvalue weighted by Gasteiger charge is 2.31. The fourth-order valence-electron chi connectivity index (χ4n) is 2.59. The molecule has 0 N–H and O–H groups in total. The van der Waals surface area contributed by atoms with Crippen molar-refractivity contribution in [3.05, 3.63) is 0 Å². The summed E-state index contributed by atoms with van der Waals surface area (Å²) in [4.78, 5) is 5.21. The Morgan fingerprint density at radius 1 is 1.18 bits per heavy atom. The van der Waals surface area contributed by atoms with E-state index in [1.165, 1.54) is 45.6 Å². The van der Waals surface area contributed by atoms with E-state index in [0.717, 1.165) is 18.9 Å². The zero-order chi connectivity index (χ0) is 12.3. The highest BCUT2D eigenvalue weighted by Crippen LogP contribution is 2.27. The number of rotatable bonds is 5. The Bertz CT molecular complexity index is 280. The van der Waals surface area contributed by atoms with Crippen molar-refractivity contribution in [2.75, 3.05) is 32.7 Å². The van der Waals surface area contributed by atoms with Gasteiger partial charge in [-0.2, -0.15) is 5.26 Å². The van der Waals surface area contributed by atoms with Gasteiger partial charge in [-0.15, -0.1) is 0 Å². The fraction of sp³-hybridized carbons (Fsp3) is 0.929. The Balaban J connectivity index is 1.60. The molecular weight excluding hydrogens is 210 g/mol. The maximum absolute atomic E-state index is 8.96. The second kappa shape index (κ2) is 5.37. The van der Waals surface area contributed by atoms with E-state index in [0.29, 0.717) is 0 Å². The third-order valence-electron chi connectivity index (χ3n) is 4.05. The summed E-state index contributed by atoms with van der Waals surface area (Å²) >= 11 is 0. The van der Waals surface area contributed by atoms with Gasteiger partial charge in [0.15, 0.2) is 0 Å². The normalized spacial score (nSPS) is 23.6. The molecule has 2 rings (SSSR count). The molecule has 3 nitrogen and oxygen atoms in total. The lowest BCUT2D eigenvalue weighted by molar-refractivity contribution is 0.123. The molecule has 2 aliphatic rings. The van der Waals surface area contributed by atoms with E-state index in [2.05, 4.69) is 15.9 Å². The van der Waals surface area contributed by atoms with Gasteiger partial charge < -0.3 is 4.90 Å². The van der Waals surface area contributed by atoms with Gasteiger partial charge in [-0.3, -0.25) is 4.90 Å². The Morgan fingerprint density at radius 3 is 2.35 bits per heavy atom. The summed E-state index contributed by atoms with van der Waals surface area (Å²) in [5.74, 6) is 0. The van der Waals surface area contributed by atoms with Crippen LogP contribution in [-0.2, 0) is 0 Å². The van der Waals surface area contributed by atoms with Crippen molar-refractivity contribution in [1.82, 2.24) is 9.80 Å². The number of hydrogen-bond donors (Lipinski definition) is 0. The van der Waals surface area contributed by atoms with Gasteiger partial charge in [0.2, 0.25) is 0 Å². The highest BCUT2D eigenvalue weighted by molar-refractivity contribution is 4.92. The molecule has 96 valence electrons. The van der Waals surface area contributed by atoms with Crippen molar-refractivity contribution in [2.24, 2.45) is 5.41 Å². The van der Waals surface area contributed by atoms with E-state index < -0.39 is 0 Å². The van der Waals surface area contributed by atoms with Crippen LogP contribution in [0.25, 0.3) is 0 Å². The van der Waals surface area contributed by atoms with Crippen molar-refractivity contribution in [2.45, 2.75) is 45.6 Å². The summed E-state index contributed by atoms with van der Waals surface area (Å²) < 4.78 is 0. The molecule has 1 aliphatic heterocycles. The van der Waals surface area contributed by atoms with Crippen LogP contribution in [0.3, 0.4) is 0 Å². The summed E-state index contributed by atoms with van der Waals surface area (Å²) in [6.45, 7) is 10.2. The Labute approximate surface area is 105 Å². The lowest BCUT2D eigenvalue weighted by Crippen LogP contribution is -2.47. The molecule has 0 atom stereocenters. The largest absolute Gasteiger partial charge is 0.301 e. The predicted octanol–water partition coefficient (Wildman–Crippen LogP) is 2.10. The van der Waals surface area contributed by atoms with Crippen LogP contribution in [0.4, 0.5) is 0 Å². The van der Waals surface area contributed by atoms with E-state index in [1.807, 2.05) is 13.8 Å². The van der Waals surface area contributed by atoms with Gasteiger partial charge in [0, 0.05) is 32.2 Å². The number of nitriles is 1. The fourth-order valence-corrected chi connectivity index (χ4v) is 2.59. The first-order chi connectivity index (χ1) is 8.11. The molecule has 0 bridgehead atoms. The van der Waals surface area contributed by atoms with Crippen LogP contribution < -0.4 is 0 Å². The first kappa shape index (κ1) is 12.9. The van der Waals surface area contributed by atoms with Gasteiger partial charge in [0.05, 0.1) is 11.5 Å². The molecule has 0 aromatic rings. The lowest BCUT2D eigenvalue weighted by Gasteiger charge is -2.35. The molecule has 3 heteroatoms. The van der Waals surface area contributed by atoms with Crippen molar-refractivity contribution < 1.29 is 0 Å². The average molecular weight is 235 g/mol. The topological polar surface area (TPSA) is 30.3 Å². The molecule has 2 fully saturated rings. The van der Waals surface area contributed by atoms with Gasteiger partial charge in [0.25, 0.3) is 0 Å². The molecule has 0 aromatic heterocycles. The van der Waals surface area contributed by atoms with Crippen LogP contribution in [0.5, 0.6) is 0 Å². The zero-order valence-electron chi connectivity index (χ0n) is 11.3. The molecule has 1 saturated heterocycles. The number of nitrogens with zero attached hydrogens (tertiary/aromatic N) is 3. The first-order valence-electron chi connectivity index (χ1n) is 6.98. The van der Waals surface area contributed by atoms with Crippen molar-refractivity contribution in [3.63, 3.8) is 0 Å². The van der Waals surface area contributed by atoms with Crippen LogP contribution in [0.2, 0.25) is 0 Å². The molecule has 1 aliphatic carbocycles. The minimum atomic E-state index is -0.143. The summed E-state index contributed by atoms with van der Waals surface area (Å²) in [6.07, 6.45) is 5.03. The van der Waals surface area contributed by atoms with E-state index in [4.69, 9.17) is 5.26 Å². The van der Waals surface area contributed by atoms with Crippen LogP contribution in [0.15, 0.2) is 0 Å². The van der Waals surface area contributed by atoms with Crippen molar-refractivity contribution in [1.29, 1.82) is 5.26 Å². The van der Waals surface area contributed by atoms with Crippen LogP contribution >= 0.6 is 0 Å². The third kappa shape index (κ3) is 3.97. The molecule has 1 saturated carbocycles. The maximum Gasteiger partial charge on any atom is 0.0683 e. The lowest BCUT2D eigenvalue weighted by atomic mass is 9.90. The molecule has 0 spiro atoms. The Morgan fingerprint density at radius 2 is 1.82 bits per heavy atom. The predicted molar refractivity (Wildman–Crippen MR) is 69.7 cm³/mol. The van der Waals surface area contributed by atoms with Gasteiger partial charge in [-0.05, 0) is 46.1 Å². The van der Waals surface area contributed by atoms with Gasteiger partial charge in [-0.25, -0.2) is 0 Å². The number of piperazine rings is 1. The molecule has 0 unspecified atom stereocenters. The Kier molecular flexibility index (Phi) is 4.06. The summed E-state index contributed by atoms with van der Waals surface area (Å²) in [7, 11) is 0. The third-order valence-corrected chi connectivity index (χ3v) is 4.05. The monoisotopic (exact) mass is 235 g/mol. The summed E-state index contributed by atoms with van der Waals surface area (Å²) in [5.41, 5.74) is -0.143. The van der Waals surface area contributed by atoms with E-state index in [1.54, 1.807) is 0 Å². The molecule has 17 heavy (non-hydrogen) atoms. The molecule has 0 amide bonds. The van der Waals surface area contributed by atoms with Gasteiger partial charge in [-0.1, -0.05) is 0 Å². The van der Waals surface area contributed by atoms with Crippen LogP contribution in [-0.4, -0.2) is 48.6 Å². The molecular formula is C14H25N3. The maximum atomic E-state index is 8.96. The van der Waals surface area contributed by atoms with Crippen LogP contribution in [0.1, 0.15) is 39.5 Å². The highest BCUT2D eigenvalue weighted by atomic mass is 15.3. The quantitative estimate of drug-likeness (QED) is 0.731. The average Bonchev–Trinajstić information content (AvgIpc) is 3.14. The SMILES string of the molecule is CC(C)(C#N)CCCN1CCN(C2CC2)CC1. The molecule has 0 radical (unpaired) electrons. The summed E-state index contributed by atoms with van der Waals surface area (Å²) in [5, 5.41) is 8.96. The van der Waals surface area contributed by atoms with Crippen LogP contribution in [0, 0.1) is 16.7 Å². The minimum absolute atomic E-state index is 0.143. The smallest absolute Gasteiger partial charge is 0.0683 e. The van der Waals surface area contributed by atoms with E-state index >= 15 is 0 Å². The van der Waals surface area contributed by atoms with E-state index in [-0.39, 0.29) is 5.41 Å². The van der Waals surface area contributed by atoms with Crippen molar-refractivity contribution >= 4 is 0 Å². The standard InChI is InChI=1S/C14H25N3/c1-14(2,12-15)6-3-7-16-8-10-17(11-9-16)13-4-5-13/h13H,3-11H2,1-2H3. The summed E-state index contributed by atoms with van der Waals surface area (Å²) in [6, 6.07) is 3.31. The Hall–Kier alpha value is -0.590. The second-order valence-corrected chi connectivity index (χ2v) is 6.21. The first-order valence-corrected chi connectivity index (χ1v) is 6.98. The van der Waals surface area contributed by atoms with Crippen molar-refractivity contribution in [3.8, 4) is 6.07 Å². The zero-order valence-corrected chi connectivity index (χ0v) is 11.3. The van der Waals surface area contributed by atoms with Gasteiger partial charge >= 0.3 is 0 Å². The van der Waals surface area contributed by atoms with E-state index in [9.17, 15) is 0 Å². The van der Waals surface area contributed by atoms with Gasteiger partial charge in [0.1, 0.15) is 0 Å².